The summed E-state index contributed by atoms with van der Waals surface area (Å²) in [5.41, 5.74) is 0. The molecule has 0 rings (SSSR count). The standard InChI is InChI=1S/C49H85NO5/c1-4-7-10-13-16-19-22-23-24-25-26-27-30-33-36-39-42-49(54)55-45(40-37-34-31-28-20-17-14-11-8-5-2)43-48(53)50-46(44-51)47(52)41-38-35-32-29-21-18-15-12-9-6-3/h7,10,16-17,19-20,23-24,26-27,33,36,45-47,51-52H,4-6,8-9,11-15,18,21-22,25,28-32,34-35,37-44H2,1-3H3,(H,50,53)/b10-7+,19-16+,20-17-,24-23+,27-26+,36-33+. The van der Waals surface area contributed by atoms with Crippen molar-refractivity contribution in [3.8, 4) is 0 Å². The number of allylic oxidation sites excluding steroid dienone is 12. The van der Waals surface area contributed by atoms with E-state index in [0.717, 1.165) is 83.5 Å². The van der Waals surface area contributed by atoms with Crippen molar-refractivity contribution < 1.29 is 24.5 Å². The molecule has 6 heteroatoms. The van der Waals surface area contributed by atoms with Crippen molar-refractivity contribution in [1.29, 1.82) is 0 Å². The number of carbonyl (C=O) groups is 2. The van der Waals surface area contributed by atoms with Crippen molar-refractivity contribution in [2.75, 3.05) is 6.61 Å². The Morgan fingerprint density at radius 2 is 0.982 bits per heavy atom. The van der Waals surface area contributed by atoms with Crippen molar-refractivity contribution in [2.24, 2.45) is 0 Å². The molecule has 1 amide bonds. The Balaban J connectivity index is 4.71. The van der Waals surface area contributed by atoms with E-state index in [9.17, 15) is 19.8 Å². The van der Waals surface area contributed by atoms with Crippen LogP contribution in [0.4, 0.5) is 0 Å². The van der Waals surface area contributed by atoms with Crippen LogP contribution < -0.4 is 5.32 Å². The summed E-state index contributed by atoms with van der Waals surface area (Å²) in [6.07, 6.45) is 52.6. The Morgan fingerprint density at radius 1 is 0.545 bits per heavy atom. The molecule has 3 unspecified atom stereocenters. The van der Waals surface area contributed by atoms with Crippen molar-refractivity contribution in [3.05, 3.63) is 72.9 Å². The van der Waals surface area contributed by atoms with E-state index in [0.29, 0.717) is 19.3 Å². The highest BCUT2D eigenvalue weighted by molar-refractivity contribution is 5.77. The highest BCUT2D eigenvalue weighted by atomic mass is 16.5. The molecular formula is C49H85NO5. The lowest BCUT2D eigenvalue weighted by Crippen LogP contribution is -2.46. The van der Waals surface area contributed by atoms with Crippen LogP contribution in [0, 0.1) is 0 Å². The molecule has 0 aliphatic heterocycles. The van der Waals surface area contributed by atoms with E-state index < -0.39 is 18.2 Å². The van der Waals surface area contributed by atoms with Gasteiger partial charge in [0.05, 0.1) is 25.2 Å². The lowest BCUT2D eigenvalue weighted by atomic mass is 10.0. The lowest BCUT2D eigenvalue weighted by Gasteiger charge is -2.24. The van der Waals surface area contributed by atoms with Gasteiger partial charge in [0.25, 0.3) is 0 Å². The maximum Gasteiger partial charge on any atom is 0.306 e. The summed E-state index contributed by atoms with van der Waals surface area (Å²) in [5.74, 6) is -0.597. The van der Waals surface area contributed by atoms with Crippen LogP contribution in [0.5, 0.6) is 0 Å². The molecule has 0 heterocycles. The summed E-state index contributed by atoms with van der Waals surface area (Å²) in [4.78, 5) is 25.9. The number of carbonyl (C=O) groups excluding carboxylic acids is 2. The van der Waals surface area contributed by atoms with Gasteiger partial charge in [0.15, 0.2) is 0 Å². The number of hydrogen-bond acceptors (Lipinski definition) is 5. The van der Waals surface area contributed by atoms with Gasteiger partial charge in [-0.05, 0) is 83.5 Å². The zero-order chi connectivity index (χ0) is 40.3. The summed E-state index contributed by atoms with van der Waals surface area (Å²) in [6, 6.07) is -0.720. The average molecular weight is 768 g/mol. The lowest BCUT2D eigenvalue weighted by molar-refractivity contribution is -0.150. The maximum atomic E-state index is 13.1. The van der Waals surface area contributed by atoms with Crippen molar-refractivity contribution in [2.45, 2.75) is 219 Å². The van der Waals surface area contributed by atoms with Crippen molar-refractivity contribution >= 4 is 11.9 Å². The second kappa shape index (κ2) is 42.4. The van der Waals surface area contributed by atoms with Gasteiger partial charge in [-0.2, -0.15) is 0 Å². The molecule has 0 saturated heterocycles. The van der Waals surface area contributed by atoms with E-state index in [4.69, 9.17) is 4.74 Å². The van der Waals surface area contributed by atoms with Crippen LogP contribution >= 0.6 is 0 Å². The van der Waals surface area contributed by atoms with Crippen molar-refractivity contribution in [3.63, 3.8) is 0 Å². The number of esters is 1. The highest BCUT2D eigenvalue weighted by Crippen LogP contribution is 2.16. The Hall–Kier alpha value is -2.70. The Morgan fingerprint density at radius 3 is 1.53 bits per heavy atom. The zero-order valence-electron chi connectivity index (χ0n) is 35.8. The second-order valence-corrected chi connectivity index (χ2v) is 15.1. The minimum Gasteiger partial charge on any atom is -0.462 e. The summed E-state index contributed by atoms with van der Waals surface area (Å²) in [6.45, 7) is 6.28. The predicted molar refractivity (Wildman–Crippen MR) is 236 cm³/mol. The first kappa shape index (κ1) is 52.3. The molecule has 6 nitrogen and oxygen atoms in total. The van der Waals surface area contributed by atoms with Gasteiger partial charge in [-0.15, -0.1) is 0 Å². The van der Waals surface area contributed by atoms with Crippen LogP contribution in [0.1, 0.15) is 201 Å². The third-order valence-electron chi connectivity index (χ3n) is 9.78. The van der Waals surface area contributed by atoms with Crippen LogP contribution in [0.25, 0.3) is 0 Å². The fraction of sp³-hybridized carbons (Fsp3) is 0.714. The number of ether oxygens (including phenoxy) is 1. The van der Waals surface area contributed by atoms with Gasteiger partial charge in [-0.3, -0.25) is 9.59 Å². The third kappa shape index (κ3) is 38.0. The normalized spacial score (nSPS) is 14.1. The summed E-state index contributed by atoms with van der Waals surface area (Å²) >= 11 is 0. The molecular weight excluding hydrogens is 683 g/mol. The number of aliphatic hydroxyl groups is 2. The first-order valence-electron chi connectivity index (χ1n) is 22.7. The smallest absolute Gasteiger partial charge is 0.306 e. The van der Waals surface area contributed by atoms with E-state index >= 15 is 0 Å². The van der Waals surface area contributed by atoms with Crippen LogP contribution in [-0.2, 0) is 14.3 Å². The predicted octanol–water partition coefficient (Wildman–Crippen LogP) is 13.1. The van der Waals surface area contributed by atoms with Gasteiger partial charge in [0.2, 0.25) is 5.91 Å². The molecule has 0 radical (unpaired) electrons. The van der Waals surface area contributed by atoms with E-state index in [-0.39, 0.29) is 31.3 Å². The quantitative estimate of drug-likeness (QED) is 0.0329. The number of aliphatic hydroxyl groups excluding tert-OH is 2. The Bertz CT molecular complexity index is 1040. The molecule has 0 aliphatic rings. The minimum absolute atomic E-state index is 0.0339. The van der Waals surface area contributed by atoms with Gasteiger partial charge in [0.1, 0.15) is 6.10 Å². The van der Waals surface area contributed by atoms with E-state index in [2.05, 4.69) is 92.9 Å². The first-order chi connectivity index (χ1) is 27.0. The van der Waals surface area contributed by atoms with Crippen molar-refractivity contribution in [1.82, 2.24) is 5.32 Å². The van der Waals surface area contributed by atoms with E-state index in [1.165, 1.54) is 64.2 Å². The SMILES string of the molecule is CC/C=C/C/C=C/C/C=C/C/C=C/C/C=C/CCC(=O)OC(CCCCC/C=C\CCCCC)CC(=O)NC(CO)C(O)CCCCCCCCCCCC. The number of amides is 1. The largest absolute Gasteiger partial charge is 0.462 e. The molecule has 3 atom stereocenters. The van der Waals surface area contributed by atoms with E-state index in [1.54, 1.807) is 0 Å². The third-order valence-corrected chi connectivity index (χ3v) is 9.78. The van der Waals surface area contributed by atoms with E-state index in [1.807, 2.05) is 6.08 Å². The average Bonchev–Trinajstić information content (AvgIpc) is 3.18. The molecule has 0 aromatic heterocycles. The second-order valence-electron chi connectivity index (χ2n) is 15.1. The fourth-order valence-electron chi connectivity index (χ4n) is 6.35. The molecule has 0 fully saturated rings. The molecule has 0 bridgehead atoms. The summed E-state index contributed by atoms with van der Waals surface area (Å²) in [5, 5.41) is 23.6. The zero-order valence-corrected chi connectivity index (χ0v) is 35.8. The summed E-state index contributed by atoms with van der Waals surface area (Å²) < 4.78 is 5.84. The fourth-order valence-corrected chi connectivity index (χ4v) is 6.35. The van der Waals surface area contributed by atoms with Gasteiger partial charge in [-0.25, -0.2) is 0 Å². The highest BCUT2D eigenvalue weighted by Gasteiger charge is 2.23. The topological polar surface area (TPSA) is 95.9 Å². The van der Waals surface area contributed by atoms with Crippen LogP contribution in [0.15, 0.2) is 72.9 Å². The Labute approximate surface area is 339 Å². The van der Waals surface area contributed by atoms with Gasteiger partial charge >= 0.3 is 5.97 Å². The first-order valence-corrected chi connectivity index (χ1v) is 22.7. The molecule has 0 aromatic rings. The number of rotatable bonds is 39. The molecule has 55 heavy (non-hydrogen) atoms. The van der Waals surface area contributed by atoms with Crippen LogP contribution in [0.3, 0.4) is 0 Å². The number of nitrogens with one attached hydrogen (secondary N) is 1. The summed E-state index contributed by atoms with van der Waals surface area (Å²) in [7, 11) is 0. The van der Waals surface area contributed by atoms with Gasteiger partial charge in [-0.1, -0.05) is 177 Å². The minimum atomic E-state index is -0.803. The van der Waals surface area contributed by atoms with Gasteiger partial charge < -0.3 is 20.3 Å². The van der Waals surface area contributed by atoms with Gasteiger partial charge in [0, 0.05) is 6.42 Å². The molecule has 3 N–H and O–H groups in total. The molecule has 0 spiro atoms. The molecule has 0 saturated carbocycles. The molecule has 0 aromatic carbocycles. The molecule has 0 aliphatic carbocycles. The number of unbranched alkanes of at least 4 members (excludes halogenated alkanes) is 15. The van der Waals surface area contributed by atoms with Crippen LogP contribution in [-0.4, -0.2) is 46.9 Å². The monoisotopic (exact) mass is 768 g/mol. The van der Waals surface area contributed by atoms with Crippen LogP contribution in [0.2, 0.25) is 0 Å². The Kier molecular flexibility index (Phi) is 40.4. The molecule has 316 valence electrons. The number of hydrogen-bond donors (Lipinski definition) is 3. The maximum absolute atomic E-state index is 13.1.